The predicted molar refractivity (Wildman–Crippen MR) is 105 cm³/mol. The standard InChI is InChI=1S/C18H15Cl2N3O3S/c1-23-10-16(21-17(23)13-7-3-5-9-15(13)20)18(24)22-27(25,26)11-12-6-2-4-8-14(12)19/h2-10H,11H2,1H3,(H,22,24). The Morgan fingerprint density at radius 2 is 1.70 bits per heavy atom. The highest BCUT2D eigenvalue weighted by atomic mass is 35.5. The summed E-state index contributed by atoms with van der Waals surface area (Å²) in [5.41, 5.74) is 1.01. The fourth-order valence-corrected chi connectivity index (χ4v) is 4.14. The van der Waals surface area contributed by atoms with Crippen LogP contribution in [0.2, 0.25) is 10.0 Å². The van der Waals surface area contributed by atoms with E-state index in [2.05, 4.69) is 4.98 Å². The molecule has 0 atom stereocenters. The van der Waals surface area contributed by atoms with Crippen LogP contribution in [0, 0.1) is 0 Å². The molecule has 140 valence electrons. The van der Waals surface area contributed by atoms with Gasteiger partial charge < -0.3 is 4.57 Å². The molecule has 0 aliphatic heterocycles. The van der Waals surface area contributed by atoms with Crippen LogP contribution in [-0.2, 0) is 22.8 Å². The maximum absolute atomic E-state index is 12.4. The Hall–Kier alpha value is -2.35. The van der Waals surface area contributed by atoms with Gasteiger partial charge in [0.2, 0.25) is 10.0 Å². The van der Waals surface area contributed by atoms with Gasteiger partial charge in [0.1, 0.15) is 11.5 Å². The normalized spacial score (nSPS) is 11.4. The molecular formula is C18H15Cl2N3O3S. The molecule has 0 unspecified atom stereocenters. The molecule has 1 heterocycles. The molecule has 3 rings (SSSR count). The van der Waals surface area contributed by atoms with E-state index in [0.29, 0.717) is 27.0 Å². The number of carbonyl (C=O) groups excluding carboxylic acids is 1. The van der Waals surface area contributed by atoms with Gasteiger partial charge in [-0.05, 0) is 23.8 Å². The number of hydrogen-bond acceptors (Lipinski definition) is 4. The molecule has 0 spiro atoms. The van der Waals surface area contributed by atoms with Gasteiger partial charge in [-0.1, -0.05) is 53.5 Å². The van der Waals surface area contributed by atoms with E-state index < -0.39 is 21.7 Å². The van der Waals surface area contributed by atoms with Crippen molar-refractivity contribution in [2.45, 2.75) is 5.75 Å². The average Bonchev–Trinajstić information content (AvgIpc) is 2.99. The molecule has 0 aliphatic carbocycles. The first-order chi connectivity index (χ1) is 12.8. The number of benzene rings is 2. The third kappa shape index (κ3) is 4.50. The summed E-state index contributed by atoms with van der Waals surface area (Å²) in [5, 5.41) is 0.790. The number of nitrogens with zero attached hydrogens (tertiary/aromatic N) is 2. The lowest BCUT2D eigenvalue weighted by atomic mass is 10.2. The average molecular weight is 424 g/mol. The molecule has 1 aromatic heterocycles. The van der Waals surface area contributed by atoms with Crippen molar-refractivity contribution in [3.05, 3.63) is 76.0 Å². The van der Waals surface area contributed by atoms with Crippen LogP contribution in [0.1, 0.15) is 16.1 Å². The number of rotatable bonds is 5. The summed E-state index contributed by atoms with van der Waals surface area (Å²) < 4.78 is 28.2. The highest BCUT2D eigenvalue weighted by molar-refractivity contribution is 7.89. The Bertz CT molecular complexity index is 1110. The summed E-state index contributed by atoms with van der Waals surface area (Å²) in [7, 11) is -2.25. The van der Waals surface area contributed by atoms with E-state index in [4.69, 9.17) is 23.2 Å². The quantitative estimate of drug-likeness (QED) is 0.678. The number of aryl methyl sites for hydroxylation is 1. The number of hydrogen-bond donors (Lipinski definition) is 1. The Morgan fingerprint density at radius 1 is 1.07 bits per heavy atom. The smallest absolute Gasteiger partial charge is 0.284 e. The molecule has 0 bridgehead atoms. The summed E-state index contributed by atoms with van der Waals surface area (Å²) in [6.45, 7) is 0. The summed E-state index contributed by atoms with van der Waals surface area (Å²) in [5.74, 6) is -0.784. The van der Waals surface area contributed by atoms with Gasteiger partial charge in [-0.2, -0.15) is 0 Å². The van der Waals surface area contributed by atoms with Crippen molar-refractivity contribution in [1.29, 1.82) is 0 Å². The van der Waals surface area contributed by atoms with E-state index in [1.165, 1.54) is 6.20 Å². The topological polar surface area (TPSA) is 81.1 Å². The molecule has 2 aromatic carbocycles. The maximum atomic E-state index is 12.4. The molecule has 9 heteroatoms. The second kappa shape index (κ2) is 7.72. The van der Waals surface area contributed by atoms with Crippen LogP contribution in [0.5, 0.6) is 0 Å². The first kappa shape index (κ1) is 19.4. The van der Waals surface area contributed by atoms with E-state index in [1.807, 2.05) is 4.72 Å². The van der Waals surface area contributed by atoms with Crippen LogP contribution in [-0.4, -0.2) is 23.9 Å². The molecule has 0 fully saturated rings. The lowest BCUT2D eigenvalue weighted by molar-refractivity contribution is 0.0977. The van der Waals surface area contributed by atoms with Crippen molar-refractivity contribution in [2.24, 2.45) is 7.05 Å². The second-order valence-corrected chi connectivity index (χ2v) is 8.36. The number of amides is 1. The minimum atomic E-state index is -3.94. The Kier molecular flexibility index (Phi) is 5.55. The van der Waals surface area contributed by atoms with E-state index in [1.54, 1.807) is 60.1 Å². The highest BCUT2D eigenvalue weighted by Crippen LogP contribution is 2.26. The van der Waals surface area contributed by atoms with Gasteiger partial charge in [-0.15, -0.1) is 0 Å². The lowest BCUT2D eigenvalue weighted by Gasteiger charge is -2.07. The highest BCUT2D eigenvalue weighted by Gasteiger charge is 2.21. The molecule has 0 saturated heterocycles. The zero-order valence-corrected chi connectivity index (χ0v) is 16.5. The van der Waals surface area contributed by atoms with Gasteiger partial charge in [-0.3, -0.25) is 4.79 Å². The SMILES string of the molecule is Cn1cc(C(=O)NS(=O)(=O)Cc2ccccc2Cl)nc1-c1ccccc1Cl. The molecule has 27 heavy (non-hydrogen) atoms. The molecule has 0 saturated carbocycles. The van der Waals surface area contributed by atoms with Crippen molar-refractivity contribution < 1.29 is 13.2 Å². The van der Waals surface area contributed by atoms with Crippen LogP contribution in [0.25, 0.3) is 11.4 Å². The minimum Gasteiger partial charge on any atom is -0.333 e. The predicted octanol–water partition coefficient (Wildman–Crippen LogP) is 3.65. The van der Waals surface area contributed by atoms with Crippen LogP contribution in [0.4, 0.5) is 0 Å². The minimum absolute atomic E-state index is 0.0323. The fourth-order valence-electron chi connectivity index (χ4n) is 2.52. The van der Waals surface area contributed by atoms with Crippen molar-refractivity contribution in [3.8, 4) is 11.4 Å². The van der Waals surface area contributed by atoms with Gasteiger partial charge in [0.05, 0.1) is 10.8 Å². The van der Waals surface area contributed by atoms with Gasteiger partial charge in [0.25, 0.3) is 5.91 Å². The molecule has 1 amide bonds. The van der Waals surface area contributed by atoms with Gasteiger partial charge in [-0.25, -0.2) is 18.1 Å². The van der Waals surface area contributed by atoms with Gasteiger partial charge >= 0.3 is 0 Å². The van der Waals surface area contributed by atoms with Gasteiger partial charge in [0.15, 0.2) is 0 Å². The third-order valence-corrected chi connectivity index (χ3v) is 5.66. The summed E-state index contributed by atoms with van der Waals surface area (Å²) >= 11 is 12.2. The number of aromatic nitrogens is 2. The number of carbonyl (C=O) groups is 1. The first-order valence-electron chi connectivity index (χ1n) is 7.83. The molecule has 1 N–H and O–H groups in total. The van der Waals surface area contributed by atoms with Crippen molar-refractivity contribution in [2.75, 3.05) is 0 Å². The number of sulfonamides is 1. The maximum Gasteiger partial charge on any atom is 0.284 e. The number of nitrogens with one attached hydrogen (secondary N) is 1. The van der Waals surface area contributed by atoms with Crippen molar-refractivity contribution in [3.63, 3.8) is 0 Å². The van der Waals surface area contributed by atoms with Crippen molar-refractivity contribution >= 4 is 39.1 Å². The van der Waals surface area contributed by atoms with Crippen molar-refractivity contribution in [1.82, 2.24) is 14.3 Å². The Balaban J connectivity index is 1.82. The van der Waals surface area contributed by atoms with E-state index >= 15 is 0 Å². The molecule has 3 aromatic rings. The molecule has 0 radical (unpaired) electrons. The number of imidazole rings is 1. The monoisotopic (exact) mass is 423 g/mol. The summed E-state index contributed by atoms with van der Waals surface area (Å²) in [4.78, 5) is 16.6. The van der Waals surface area contributed by atoms with Crippen LogP contribution < -0.4 is 4.72 Å². The first-order valence-corrected chi connectivity index (χ1v) is 10.2. The Morgan fingerprint density at radius 3 is 2.37 bits per heavy atom. The third-order valence-electron chi connectivity index (χ3n) is 3.78. The summed E-state index contributed by atoms with van der Waals surface area (Å²) in [6, 6.07) is 13.6. The molecule has 0 aliphatic rings. The van der Waals surface area contributed by atoms with Gasteiger partial charge in [0, 0.05) is 23.8 Å². The molecular weight excluding hydrogens is 409 g/mol. The fraction of sp³-hybridized carbons (Fsp3) is 0.111. The van der Waals surface area contributed by atoms with Crippen LogP contribution >= 0.6 is 23.2 Å². The van der Waals surface area contributed by atoms with E-state index in [-0.39, 0.29) is 5.69 Å². The van der Waals surface area contributed by atoms with E-state index in [0.717, 1.165) is 0 Å². The lowest BCUT2D eigenvalue weighted by Crippen LogP contribution is -2.32. The number of halogens is 2. The second-order valence-electron chi connectivity index (χ2n) is 5.82. The summed E-state index contributed by atoms with van der Waals surface area (Å²) in [6.07, 6.45) is 1.44. The Labute approximate surface area is 166 Å². The van der Waals surface area contributed by atoms with Crippen LogP contribution in [0.3, 0.4) is 0 Å². The zero-order valence-electron chi connectivity index (χ0n) is 14.2. The molecule has 6 nitrogen and oxygen atoms in total. The largest absolute Gasteiger partial charge is 0.333 e. The van der Waals surface area contributed by atoms with Crippen LogP contribution in [0.15, 0.2) is 54.7 Å². The van der Waals surface area contributed by atoms with E-state index in [9.17, 15) is 13.2 Å². The zero-order chi connectivity index (χ0) is 19.6.